The largest absolute Gasteiger partial charge is 0.494 e. The van der Waals surface area contributed by atoms with Gasteiger partial charge in [-0.3, -0.25) is 9.52 Å². The molecule has 0 bridgehead atoms. The van der Waals surface area contributed by atoms with Crippen LogP contribution in [-0.2, 0) is 14.8 Å². The molecule has 0 aliphatic heterocycles. The molecule has 0 unspecified atom stereocenters. The molecule has 8 heteroatoms. The Morgan fingerprint density at radius 3 is 2.31 bits per heavy atom. The Bertz CT molecular complexity index is 890. The van der Waals surface area contributed by atoms with E-state index in [9.17, 15) is 18.0 Å². The number of rotatable bonds is 8. The van der Waals surface area contributed by atoms with Crippen LogP contribution in [-0.4, -0.2) is 39.6 Å². The summed E-state index contributed by atoms with van der Waals surface area (Å²) in [6.45, 7) is 1.92. The van der Waals surface area contributed by atoms with E-state index in [-0.39, 0.29) is 17.0 Å². The zero-order chi connectivity index (χ0) is 19.2. The fourth-order valence-corrected chi connectivity index (χ4v) is 2.72. The third kappa shape index (κ3) is 5.59. The number of nitrogens with one attached hydrogen (secondary N) is 1. The van der Waals surface area contributed by atoms with E-state index >= 15 is 0 Å². The fraction of sp³-hybridized carbons (Fsp3) is 0.222. The highest BCUT2D eigenvalue weighted by Crippen LogP contribution is 2.18. The van der Waals surface area contributed by atoms with E-state index in [2.05, 4.69) is 4.72 Å². The molecule has 2 aromatic rings. The number of carbonyl (C=O) groups excluding carboxylic acids is 2. The van der Waals surface area contributed by atoms with E-state index in [4.69, 9.17) is 9.47 Å². The van der Waals surface area contributed by atoms with E-state index in [1.54, 1.807) is 36.4 Å². The molecule has 0 radical (unpaired) electrons. The van der Waals surface area contributed by atoms with Crippen LogP contribution in [0.2, 0.25) is 0 Å². The van der Waals surface area contributed by atoms with Crippen molar-refractivity contribution in [1.82, 2.24) is 0 Å². The fourth-order valence-electron chi connectivity index (χ4n) is 2.15. The summed E-state index contributed by atoms with van der Waals surface area (Å²) in [5.74, 6) is -0.534. The molecule has 2 rings (SSSR count). The summed E-state index contributed by atoms with van der Waals surface area (Å²) in [6.07, 6.45) is 0.977. The molecule has 0 atom stereocenters. The van der Waals surface area contributed by atoms with Gasteiger partial charge in [-0.1, -0.05) is 12.1 Å². The number of esters is 1. The lowest BCUT2D eigenvalue weighted by Gasteiger charge is -2.10. The molecule has 0 saturated heterocycles. The maximum Gasteiger partial charge on any atom is 0.340 e. The molecule has 138 valence electrons. The van der Waals surface area contributed by atoms with Gasteiger partial charge in [0.2, 0.25) is 10.0 Å². The smallest absolute Gasteiger partial charge is 0.340 e. The Hall–Kier alpha value is -2.87. The molecule has 0 aliphatic rings. The van der Waals surface area contributed by atoms with Gasteiger partial charge in [0, 0.05) is 5.56 Å². The minimum Gasteiger partial charge on any atom is -0.494 e. The molecule has 0 aromatic heterocycles. The number of sulfonamides is 1. The summed E-state index contributed by atoms with van der Waals surface area (Å²) in [4.78, 5) is 24.3. The Morgan fingerprint density at radius 1 is 1.04 bits per heavy atom. The van der Waals surface area contributed by atoms with Crippen molar-refractivity contribution in [3.05, 3.63) is 59.7 Å². The van der Waals surface area contributed by atoms with E-state index in [1.165, 1.54) is 12.1 Å². The maximum absolute atomic E-state index is 12.2. The highest BCUT2D eigenvalue weighted by atomic mass is 32.2. The summed E-state index contributed by atoms with van der Waals surface area (Å²) in [7, 11) is -3.55. The van der Waals surface area contributed by atoms with Gasteiger partial charge in [-0.15, -0.1) is 0 Å². The Labute approximate surface area is 152 Å². The summed E-state index contributed by atoms with van der Waals surface area (Å²) in [5, 5.41) is 0. The zero-order valence-corrected chi connectivity index (χ0v) is 15.2. The van der Waals surface area contributed by atoms with Gasteiger partial charge in [-0.2, -0.15) is 0 Å². The first-order valence-corrected chi connectivity index (χ1v) is 9.69. The topological polar surface area (TPSA) is 98.8 Å². The van der Waals surface area contributed by atoms with Crippen LogP contribution in [0.3, 0.4) is 0 Å². The monoisotopic (exact) mass is 377 g/mol. The number of hydrogen-bond acceptors (Lipinski definition) is 6. The number of para-hydroxylation sites is 1. The van der Waals surface area contributed by atoms with Crippen molar-refractivity contribution >= 4 is 27.5 Å². The first kappa shape index (κ1) is 19.5. The molecule has 0 fully saturated rings. The predicted octanol–water partition coefficient (Wildman–Crippen LogP) is 2.50. The number of hydrogen-bond donors (Lipinski definition) is 1. The molecule has 0 heterocycles. The molecule has 0 spiro atoms. The predicted molar refractivity (Wildman–Crippen MR) is 97.1 cm³/mol. The standard InChI is InChI=1S/C18H19NO6S/c1-3-24-14-10-8-13(9-11-14)17(20)12-25-18(21)15-6-4-5-7-16(15)19-26(2,22)23/h4-11,19H,3,12H2,1-2H3. The van der Waals surface area contributed by atoms with Crippen molar-refractivity contribution in [3.8, 4) is 5.75 Å². The summed E-state index contributed by atoms with van der Waals surface area (Å²) < 4.78 is 35.3. The number of ether oxygens (including phenoxy) is 2. The highest BCUT2D eigenvalue weighted by Gasteiger charge is 2.17. The number of ketones is 1. The van der Waals surface area contributed by atoms with E-state index in [1.807, 2.05) is 6.92 Å². The number of benzene rings is 2. The molecular formula is C18H19NO6S. The lowest BCUT2D eigenvalue weighted by atomic mass is 10.1. The van der Waals surface area contributed by atoms with E-state index in [0.717, 1.165) is 6.26 Å². The summed E-state index contributed by atoms with van der Waals surface area (Å²) in [5.41, 5.74) is 0.495. The molecule has 0 amide bonds. The van der Waals surface area contributed by atoms with Gasteiger partial charge in [0.05, 0.1) is 24.1 Å². The Balaban J connectivity index is 2.03. The quantitative estimate of drug-likeness (QED) is 0.561. The van der Waals surface area contributed by atoms with Gasteiger partial charge in [-0.25, -0.2) is 13.2 Å². The lowest BCUT2D eigenvalue weighted by Crippen LogP contribution is -2.17. The van der Waals surface area contributed by atoms with Crippen LogP contribution in [0.15, 0.2) is 48.5 Å². The van der Waals surface area contributed by atoms with Gasteiger partial charge in [0.15, 0.2) is 12.4 Å². The SMILES string of the molecule is CCOc1ccc(C(=O)COC(=O)c2ccccc2NS(C)(=O)=O)cc1. The maximum atomic E-state index is 12.2. The molecule has 26 heavy (non-hydrogen) atoms. The van der Waals surface area contributed by atoms with Crippen LogP contribution >= 0.6 is 0 Å². The van der Waals surface area contributed by atoms with Crippen molar-refractivity contribution in [1.29, 1.82) is 0 Å². The normalized spacial score (nSPS) is 10.8. The van der Waals surface area contributed by atoms with Crippen LogP contribution < -0.4 is 9.46 Å². The minimum atomic E-state index is -3.55. The van der Waals surface area contributed by atoms with Crippen molar-refractivity contribution in [3.63, 3.8) is 0 Å². The third-order valence-corrected chi connectivity index (χ3v) is 3.85. The molecule has 1 N–H and O–H groups in total. The zero-order valence-electron chi connectivity index (χ0n) is 14.4. The van der Waals surface area contributed by atoms with Crippen molar-refractivity contribution in [2.24, 2.45) is 0 Å². The van der Waals surface area contributed by atoms with Crippen molar-refractivity contribution in [2.45, 2.75) is 6.92 Å². The average Bonchev–Trinajstić information content (AvgIpc) is 2.59. The van der Waals surface area contributed by atoms with Crippen LogP contribution in [0.4, 0.5) is 5.69 Å². The first-order chi connectivity index (χ1) is 12.3. The Kier molecular flexibility index (Phi) is 6.35. The van der Waals surface area contributed by atoms with Crippen LogP contribution in [0, 0.1) is 0 Å². The average molecular weight is 377 g/mol. The van der Waals surface area contributed by atoms with Crippen molar-refractivity contribution < 1.29 is 27.5 Å². The first-order valence-electron chi connectivity index (χ1n) is 7.80. The van der Waals surface area contributed by atoms with Gasteiger partial charge in [0.25, 0.3) is 0 Å². The second-order valence-electron chi connectivity index (χ2n) is 5.38. The molecular weight excluding hydrogens is 358 g/mol. The van der Waals surface area contributed by atoms with Gasteiger partial charge < -0.3 is 9.47 Å². The summed E-state index contributed by atoms with van der Waals surface area (Å²) in [6, 6.07) is 12.5. The van der Waals surface area contributed by atoms with Crippen LogP contribution in [0.25, 0.3) is 0 Å². The van der Waals surface area contributed by atoms with Crippen LogP contribution in [0.1, 0.15) is 27.6 Å². The molecule has 2 aromatic carbocycles. The molecule has 0 saturated carbocycles. The summed E-state index contributed by atoms with van der Waals surface area (Å²) >= 11 is 0. The number of carbonyl (C=O) groups is 2. The molecule has 0 aliphatic carbocycles. The van der Waals surface area contributed by atoms with Crippen LogP contribution in [0.5, 0.6) is 5.75 Å². The second-order valence-corrected chi connectivity index (χ2v) is 7.12. The highest BCUT2D eigenvalue weighted by molar-refractivity contribution is 7.92. The van der Waals surface area contributed by atoms with Crippen molar-refractivity contribution in [2.75, 3.05) is 24.2 Å². The van der Waals surface area contributed by atoms with E-state index in [0.29, 0.717) is 17.9 Å². The molecule has 7 nitrogen and oxygen atoms in total. The number of Topliss-reactive ketones (excluding diaryl/α,β-unsaturated/α-hetero) is 1. The van der Waals surface area contributed by atoms with Gasteiger partial charge in [0.1, 0.15) is 5.75 Å². The lowest BCUT2D eigenvalue weighted by molar-refractivity contribution is 0.0476. The van der Waals surface area contributed by atoms with Gasteiger partial charge >= 0.3 is 5.97 Å². The Morgan fingerprint density at radius 2 is 1.69 bits per heavy atom. The van der Waals surface area contributed by atoms with Gasteiger partial charge in [-0.05, 0) is 43.3 Å². The minimum absolute atomic E-state index is 0.0254. The number of anilines is 1. The second kappa shape index (κ2) is 8.48. The van der Waals surface area contributed by atoms with E-state index < -0.39 is 22.6 Å². The third-order valence-electron chi connectivity index (χ3n) is 3.26.